The summed E-state index contributed by atoms with van der Waals surface area (Å²) in [7, 11) is 1.47. The largest absolute Gasteiger partial charge is 0.454 e. The Morgan fingerprint density at radius 3 is 2.28 bits per heavy atom. The number of aliphatic hydroxyl groups excluding tert-OH is 1. The average Bonchev–Trinajstić information content (AvgIpc) is 2.61. The third-order valence-corrected chi connectivity index (χ3v) is 5.28. The molecule has 2 rings (SSSR count). The molecule has 2 aromatic carbocycles. The lowest BCUT2D eigenvalue weighted by Crippen LogP contribution is -2.49. The minimum absolute atomic E-state index is 0.0846. The van der Waals surface area contributed by atoms with Crippen LogP contribution in [0.1, 0.15) is 24.2 Å². The Morgan fingerprint density at radius 1 is 1.21 bits per heavy atom. The van der Waals surface area contributed by atoms with E-state index < -0.39 is 32.2 Å². The lowest BCUT2D eigenvalue weighted by atomic mass is 9.63. The Balaban J connectivity index is 2.64. The van der Waals surface area contributed by atoms with Gasteiger partial charge in [0.2, 0.25) is 10.0 Å². The summed E-state index contributed by atoms with van der Waals surface area (Å²) in [5.41, 5.74) is -0.241. The molecule has 0 aliphatic rings. The van der Waals surface area contributed by atoms with E-state index in [-0.39, 0.29) is 22.7 Å². The zero-order chi connectivity index (χ0) is 22.0. The molecule has 0 aliphatic heterocycles. The Morgan fingerprint density at radius 2 is 1.79 bits per heavy atom. The highest BCUT2D eigenvalue weighted by molar-refractivity contribution is 7.89. The molecule has 2 aromatic rings. The van der Waals surface area contributed by atoms with Crippen molar-refractivity contribution in [2.24, 2.45) is 5.14 Å². The maximum Gasteiger partial charge on any atom is 0.241 e. The summed E-state index contributed by atoms with van der Waals surface area (Å²) in [5.74, 6) is -2.57. The van der Waals surface area contributed by atoms with Gasteiger partial charge < -0.3 is 25.4 Å². The van der Waals surface area contributed by atoms with Gasteiger partial charge in [0.25, 0.3) is 0 Å². The molecule has 6 N–H and O–H groups in total. The van der Waals surface area contributed by atoms with Crippen LogP contribution in [0.2, 0.25) is 5.31 Å². The molecule has 2 radical (unpaired) electrons. The smallest absolute Gasteiger partial charge is 0.241 e. The number of carbonyl (C=O) groups excluding carboxylic acids is 1. The van der Waals surface area contributed by atoms with Crippen LogP contribution in [0, 0.1) is 0 Å². The molecule has 154 valence electrons. The van der Waals surface area contributed by atoms with Crippen molar-refractivity contribution in [1.29, 1.82) is 0 Å². The maximum atomic E-state index is 12.1. The van der Waals surface area contributed by atoms with Crippen LogP contribution in [0.15, 0.2) is 47.4 Å². The SMILES string of the molecule is [B]C(C)(C(O)Nc1cc(C=O)cc(S(N)(=O)=O)c1Oc1ccccc1)C(C)(O)O. The molecule has 0 saturated carbocycles. The van der Waals surface area contributed by atoms with Gasteiger partial charge in [-0.05, 0) is 31.2 Å². The minimum Gasteiger partial charge on any atom is -0.454 e. The van der Waals surface area contributed by atoms with Crippen molar-refractivity contribution in [3.63, 3.8) is 0 Å². The van der Waals surface area contributed by atoms with Crippen LogP contribution in [0.25, 0.3) is 0 Å². The van der Waals surface area contributed by atoms with E-state index in [0.717, 1.165) is 19.9 Å². The van der Waals surface area contributed by atoms with Gasteiger partial charge in [0, 0.05) is 10.9 Å². The number of benzene rings is 2. The van der Waals surface area contributed by atoms with Crippen molar-refractivity contribution < 1.29 is 33.3 Å². The van der Waals surface area contributed by atoms with Crippen LogP contribution >= 0.6 is 0 Å². The predicted octanol–water partition coefficient (Wildman–Crippen LogP) is 0.717. The lowest BCUT2D eigenvalue weighted by Gasteiger charge is -2.40. The van der Waals surface area contributed by atoms with Gasteiger partial charge in [0.15, 0.2) is 11.5 Å². The van der Waals surface area contributed by atoms with Crippen LogP contribution in [0.3, 0.4) is 0 Å². The Labute approximate surface area is 169 Å². The third-order valence-electron chi connectivity index (χ3n) is 4.36. The molecular formula is C18H21BN2O7S. The third kappa shape index (κ3) is 5.14. The normalized spacial score (nSPS) is 15.2. The van der Waals surface area contributed by atoms with Crippen molar-refractivity contribution in [3.8, 4) is 11.5 Å². The number of anilines is 1. The van der Waals surface area contributed by atoms with Crippen molar-refractivity contribution in [1.82, 2.24) is 0 Å². The number of nitrogens with two attached hydrogens (primary N) is 1. The second-order valence-electron chi connectivity index (χ2n) is 6.82. The van der Waals surface area contributed by atoms with Gasteiger partial charge in [-0.1, -0.05) is 25.1 Å². The highest BCUT2D eigenvalue weighted by Gasteiger charge is 2.43. The summed E-state index contributed by atoms with van der Waals surface area (Å²) in [6, 6.07) is 10.3. The zero-order valence-electron chi connectivity index (χ0n) is 15.7. The topological polar surface area (TPSA) is 159 Å². The first kappa shape index (κ1) is 22.8. The Hall–Kier alpha value is -2.44. The fraction of sp³-hybridized carbons (Fsp3) is 0.278. The van der Waals surface area contributed by atoms with Crippen LogP contribution in [-0.2, 0) is 10.0 Å². The number of rotatable bonds is 8. The van der Waals surface area contributed by atoms with Crippen molar-refractivity contribution >= 4 is 29.8 Å². The Bertz CT molecular complexity index is 989. The molecule has 29 heavy (non-hydrogen) atoms. The summed E-state index contributed by atoms with van der Waals surface area (Å²) in [4.78, 5) is 10.8. The van der Waals surface area contributed by atoms with E-state index >= 15 is 0 Å². The number of nitrogens with one attached hydrogen (secondary N) is 1. The fourth-order valence-corrected chi connectivity index (χ4v) is 2.99. The molecule has 9 nitrogen and oxygen atoms in total. The molecule has 0 fully saturated rings. The molecule has 2 atom stereocenters. The van der Waals surface area contributed by atoms with E-state index in [1.807, 2.05) is 0 Å². The number of hydrogen-bond acceptors (Lipinski definition) is 8. The zero-order valence-corrected chi connectivity index (χ0v) is 16.6. The molecule has 0 amide bonds. The summed E-state index contributed by atoms with van der Waals surface area (Å²) >= 11 is 0. The monoisotopic (exact) mass is 420 g/mol. The van der Waals surface area contributed by atoms with Gasteiger partial charge in [0.05, 0.1) is 13.5 Å². The van der Waals surface area contributed by atoms with Crippen molar-refractivity contribution in [2.45, 2.75) is 36.1 Å². The van der Waals surface area contributed by atoms with Crippen LogP contribution in [0.5, 0.6) is 11.5 Å². The van der Waals surface area contributed by atoms with Gasteiger partial charge in [-0.15, -0.1) is 0 Å². The number of para-hydroxylation sites is 1. The van der Waals surface area contributed by atoms with E-state index in [1.54, 1.807) is 30.3 Å². The number of aldehydes is 1. The predicted molar refractivity (Wildman–Crippen MR) is 106 cm³/mol. The molecule has 0 heterocycles. The van der Waals surface area contributed by atoms with Crippen molar-refractivity contribution in [2.75, 3.05) is 5.32 Å². The standard InChI is InChI=1S/C18H21BN2O7S/c1-17(19,18(2,24)25)16(23)21-13-8-11(10-22)9-14(29(20,26)27)15(13)28-12-6-4-3-5-7-12/h3-10,16,21,23-25H,1-2H3,(H2,20,26,27). The maximum absolute atomic E-state index is 12.1. The fourth-order valence-electron chi connectivity index (χ4n) is 2.28. The first-order chi connectivity index (χ1) is 13.3. The van der Waals surface area contributed by atoms with Crippen LogP contribution < -0.4 is 15.2 Å². The van der Waals surface area contributed by atoms with E-state index in [0.29, 0.717) is 6.29 Å². The van der Waals surface area contributed by atoms with Crippen LogP contribution in [-0.4, -0.2) is 49.9 Å². The molecular weight excluding hydrogens is 399 g/mol. The second kappa shape index (κ2) is 8.13. The van der Waals surface area contributed by atoms with Crippen molar-refractivity contribution in [3.05, 3.63) is 48.0 Å². The van der Waals surface area contributed by atoms with E-state index in [2.05, 4.69) is 5.32 Å². The summed E-state index contributed by atoms with van der Waals surface area (Å²) in [5, 5.41) is 35.8. The van der Waals surface area contributed by atoms with Gasteiger partial charge in [-0.2, -0.15) is 0 Å². The quantitative estimate of drug-likeness (QED) is 0.237. The number of aliphatic hydroxyl groups is 3. The van der Waals surface area contributed by atoms with Crippen LogP contribution in [0.4, 0.5) is 5.69 Å². The van der Waals surface area contributed by atoms with E-state index in [1.165, 1.54) is 6.07 Å². The van der Waals surface area contributed by atoms with E-state index in [4.69, 9.17) is 17.7 Å². The van der Waals surface area contributed by atoms with Gasteiger partial charge in [-0.3, -0.25) is 4.79 Å². The first-order valence-corrected chi connectivity index (χ1v) is 9.89. The summed E-state index contributed by atoms with van der Waals surface area (Å²) < 4.78 is 29.8. The van der Waals surface area contributed by atoms with Gasteiger partial charge in [-0.25, -0.2) is 13.6 Å². The van der Waals surface area contributed by atoms with Gasteiger partial charge >= 0.3 is 0 Å². The Kier molecular flexibility index (Phi) is 6.40. The molecule has 0 aromatic heterocycles. The highest BCUT2D eigenvalue weighted by atomic mass is 32.2. The second-order valence-corrected chi connectivity index (χ2v) is 8.35. The molecule has 0 saturated heterocycles. The summed E-state index contributed by atoms with van der Waals surface area (Å²) in [6.07, 6.45) is -1.42. The minimum atomic E-state index is -4.34. The number of carbonyl (C=O) groups is 1. The summed E-state index contributed by atoms with van der Waals surface area (Å²) in [6.45, 7) is 2.13. The molecule has 0 aliphatic carbocycles. The number of sulfonamides is 1. The first-order valence-electron chi connectivity index (χ1n) is 8.34. The van der Waals surface area contributed by atoms with Gasteiger partial charge in [0.1, 0.15) is 23.2 Å². The number of primary sulfonamides is 1. The highest BCUT2D eigenvalue weighted by Crippen LogP contribution is 2.41. The molecule has 2 unspecified atom stereocenters. The molecule has 11 heteroatoms. The lowest BCUT2D eigenvalue weighted by molar-refractivity contribution is -0.190. The average molecular weight is 420 g/mol. The number of hydrogen-bond donors (Lipinski definition) is 5. The van der Waals surface area contributed by atoms with E-state index in [9.17, 15) is 28.5 Å². The number of ether oxygens (including phenoxy) is 1. The molecule has 0 bridgehead atoms. The molecule has 0 spiro atoms.